The number of ether oxygens (including phenoxy) is 2. The molecule has 1 N–H and O–H groups in total. The second kappa shape index (κ2) is 10.8. The maximum Gasteiger partial charge on any atom is 0.408 e. The number of Topliss-reactive ketones (excluding diaryl/α,β-unsaturated/α-hetero) is 1. The van der Waals surface area contributed by atoms with Gasteiger partial charge in [0.05, 0.1) is 0 Å². The van der Waals surface area contributed by atoms with E-state index in [1.807, 2.05) is 0 Å². The summed E-state index contributed by atoms with van der Waals surface area (Å²) in [6, 6.07) is -1.55. The zero-order chi connectivity index (χ0) is 28.3. The number of alkyl halides is 3. The summed E-state index contributed by atoms with van der Waals surface area (Å²) < 4.78 is 83.0. The van der Waals surface area contributed by atoms with E-state index < -0.39 is 74.3 Å². The van der Waals surface area contributed by atoms with Crippen LogP contribution in [0.5, 0.6) is 0 Å². The van der Waals surface area contributed by atoms with E-state index in [1.165, 1.54) is 20.8 Å². The Balaban J connectivity index is 6.21. The van der Waals surface area contributed by atoms with Crippen LogP contribution < -0.4 is 5.32 Å². The van der Waals surface area contributed by atoms with E-state index in [4.69, 9.17) is 9.47 Å². The highest BCUT2D eigenvalue weighted by Gasteiger charge is 2.70. The Labute approximate surface area is 205 Å². The summed E-state index contributed by atoms with van der Waals surface area (Å²) in [4.78, 5) is 37.1. The largest absolute Gasteiger partial charge is 0.458 e. The predicted octanol–water partition coefficient (Wildman–Crippen LogP) is 4.34. The molecule has 0 aliphatic heterocycles. The highest BCUT2D eigenvalue weighted by molar-refractivity contribution is 7.92. The summed E-state index contributed by atoms with van der Waals surface area (Å²) in [5.74, 6) is -7.47. The molecule has 204 valence electrons. The number of halogens is 3. The number of carbonyl (C=O) groups excluding carboxylic acids is 3. The minimum absolute atomic E-state index is 0.456. The number of hydrogen-bond acceptors (Lipinski definition) is 7. The summed E-state index contributed by atoms with van der Waals surface area (Å²) in [6.45, 7) is 13.4. The molecule has 13 heteroatoms. The zero-order valence-electron chi connectivity index (χ0n) is 21.9. The molecule has 35 heavy (non-hydrogen) atoms. The van der Waals surface area contributed by atoms with Gasteiger partial charge in [-0.05, 0) is 41.5 Å². The van der Waals surface area contributed by atoms with Gasteiger partial charge < -0.3 is 14.8 Å². The second-order valence-electron chi connectivity index (χ2n) is 11.0. The van der Waals surface area contributed by atoms with Crippen molar-refractivity contribution in [1.29, 1.82) is 0 Å². The van der Waals surface area contributed by atoms with Crippen molar-refractivity contribution in [2.45, 2.75) is 110 Å². The van der Waals surface area contributed by atoms with Crippen LogP contribution in [0, 0.1) is 5.41 Å². The van der Waals surface area contributed by atoms with E-state index in [0.717, 1.165) is 27.7 Å². The fourth-order valence-corrected chi connectivity index (χ4v) is 4.03. The van der Waals surface area contributed by atoms with E-state index >= 15 is 4.39 Å². The van der Waals surface area contributed by atoms with Crippen LogP contribution in [0.2, 0.25) is 0 Å². The fraction of sp³-hybridized carbons (Fsp3) is 0.818. The highest BCUT2D eigenvalue weighted by atomic mass is 32.2. The Morgan fingerprint density at radius 2 is 1.37 bits per heavy atom. The lowest BCUT2D eigenvalue weighted by Crippen LogP contribution is -2.58. The molecule has 0 aromatic carbocycles. The van der Waals surface area contributed by atoms with Gasteiger partial charge in [0.1, 0.15) is 17.2 Å². The lowest BCUT2D eigenvalue weighted by molar-refractivity contribution is -0.157. The third-order valence-corrected chi connectivity index (χ3v) is 5.80. The van der Waals surface area contributed by atoms with Crippen LogP contribution in [-0.4, -0.2) is 60.6 Å². The van der Waals surface area contributed by atoms with Crippen LogP contribution in [0.15, 0.2) is 4.40 Å². The van der Waals surface area contributed by atoms with Crippen LogP contribution in [0.25, 0.3) is 0 Å². The third-order valence-electron chi connectivity index (χ3n) is 4.18. The van der Waals surface area contributed by atoms with Crippen molar-refractivity contribution in [1.82, 2.24) is 5.32 Å². The molecule has 0 rings (SSSR count). The fourth-order valence-electron chi connectivity index (χ4n) is 2.54. The van der Waals surface area contributed by atoms with Crippen molar-refractivity contribution in [3.05, 3.63) is 0 Å². The minimum Gasteiger partial charge on any atom is -0.458 e. The first kappa shape index (κ1) is 32.8. The van der Waals surface area contributed by atoms with Gasteiger partial charge in [0, 0.05) is 24.5 Å². The van der Waals surface area contributed by atoms with E-state index in [2.05, 4.69) is 9.71 Å². The number of amides is 1. The molecule has 0 unspecified atom stereocenters. The van der Waals surface area contributed by atoms with Crippen molar-refractivity contribution in [3.8, 4) is 0 Å². The molecule has 0 aliphatic carbocycles. The van der Waals surface area contributed by atoms with E-state index in [0.29, 0.717) is 6.21 Å². The van der Waals surface area contributed by atoms with Gasteiger partial charge >= 0.3 is 33.0 Å². The Hall–Kier alpha value is -2.18. The molecule has 0 heterocycles. The molecule has 0 spiro atoms. The molecule has 0 aromatic heterocycles. The van der Waals surface area contributed by atoms with Crippen LogP contribution in [0.4, 0.5) is 18.0 Å². The van der Waals surface area contributed by atoms with Gasteiger partial charge in [0.15, 0.2) is 5.78 Å². The number of esters is 1. The molecular formula is C22H37F3N2O7S. The number of nitrogens with zero attached hydrogens (tertiary/aromatic N) is 1. The van der Waals surface area contributed by atoms with Crippen LogP contribution in [0.1, 0.15) is 82.1 Å². The van der Waals surface area contributed by atoms with Crippen molar-refractivity contribution in [2.24, 2.45) is 9.81 Å². The zero-order valence-corrected chi connectivity index (χ0v) is 22.7. The monoisotopic (exact) mass is 530 g/mol. The second-order valence-corrected chi connectivity index (χ2v) is 12.7. The Kier molecular flexibility index (Phi) is 10.2. The molecule has 0 saturated carbocycles. The Morgan fingerprint density at radius 3 is 1.74 bits per heavy atom. The summed E-state index contributed by atoms with van der Waals surface area (Å²) in [6.07, 6.45) is -2.58. The summed E-state index contributed by atoms with van der Waals surface area (Å²) in [5.41, 5.74) is -3.72. The number of alkyl carbamates (subject to hydrolysis) is 1. The molecule has 1 amide bonds. The maximum atomic E-state index is 15.6. The smallest absolute Gasteiger partial charge is 0.408 e. The normalized spacial score (nSPS) is 16.4. The number of carbonyl (C=O) groups is 3. The number of rotatable bonds is 9. The highest BCUT2D eigenvalue weighted by Crippen LogP contribution is 2.45. The third kappa shape index (κ3) is 9.08. The molecule has 9 nitrogen and oxygen atoms in total. The first-order valence-electron chi connectivity index (χ1n) is 10.9. The van der Waals surface area contributed by atoms with Gasteiger partial charge in [0.25, 0.3) is 0 Å². The quantitative estimate of drug-likeness (QED) is 0.347. The van der Waals surface area contributed by atoms with Crippen LogP contribution in [0.3, 0.4) is 0 Å². The number of sulfonamides is 1. The minimum atomic E-state index is -5.78. The van der Waals surface area contributed by atoms with Crippen LogP contribution in [-0.2, 0) is 29.1 Å². The molecule has 0 aliphatic rings. The van der Waals surface area contributed by atoms with Crippen molar-refractivity contribution in [2.75, 3.05) is 0 Å². The molecule has 0 bridgehead atoms. The average Bonchev–Trinajstić information content (AvgIpc) is 2.61. The van der Waals surface area contributed by atoms with Crippen molar-refractivity contribution < 1.29 is 45.4 Å². The van der Waals surface area contributed by atoms with Gasteiger partial charge in [-0.15, -0.1) is 0 Å². The molecule has 0 aromatic rings. The van der Waals surface area contributed by atoms with Gasteiger partial charge in [0.2, 0.25) is 0 Å². The lowest BCUT2D eigenvalue weighted by Gasteiger charge is -2.33. The van der Waals surface area contributed by atoms with Crippen LogP contribution >= 0.6 is 0 Å². The SMILES string of the molecule is CCC(F)(F)[C@](F)(C(=O)C(C)(C)C)S(=O)(=O)/N=C/C[C@H](NC(=O)OC(C)(C)C)C(=O)OC(C)(C)C. The Morgan fingerprint density at radius 1 is 0.914 bits per heavy atom. The number of nitrogens with one attached hydrogen (secondary N) is 1. The molecular weight excluding hydrogens is 493 g/mol. The predicted molar refractivity (Wildman–Crippen MR) is 125 cm³/mol. The lowest BCUT2D eigenvalue weighted by atomic mass is 9.85. The topological polar surface area (TPSA) is 128 Å². The van der Waals surface area contributed by atoms with Gasteiger partial charge in [-0.1, -0.05) is 27.7 Å². The molecule has 0 fully saturated rings. The van der Waals surface area contributed by atoms with Crippen molar-refractivity contribution >= 4 is 34.1 Å². The number of ketones is 1. The van der Waals surface area contributed by atoms with E-state index in [1.54, 1.807) is 20.8 Å². The summed E-state index contributed by atoms with van der Waals surface area (Å²) in [5, 5.41) is -2.47. The summed E-state index contributed by atoms with van der Waals surface area (Å²) >= 11 is 0. The first-order chi connectivity index (χ1) is 15.3. The molecule has 0 saturated heterocycles. The summed E-state index contributed by atoms with van der Waals surface area (Å²) in [7, 11) is -5.78. The Bertz CT molecular complexity index is 930. The van der Waals surface area contributed by atoms with E-state index in [9.17, 15) is 31.6 Å². The van der Waals surface area contributed by atoms with Gasteiger partial charge in [-0.2, -0.15) is 4.40 Å². The van der Waals surface area contributed by atoms with E-state index in [-0.39, 0.29) is 0 Å². The first-order valence-corrected chi connectivity index (χ1v) is 12.4. The van der Waals surface area contributed by atoms with Crippen molar-refractivity contribution in [3.63, 3.8) is 0 Å². The standard InChI is InChI=1S/C22H37F3N2O7S/c1-11-21(23,24)22(25,16(29)18(2,3)4)35(31,32)26-13-12-14(15(28)33-19(5,6)7)27-17(30)34-20(8,9)10/h13-14H,11-12H2,1-10H3,(H,27,30)/b26-13+/t14-,22-/m0/s1. The molecule has 2 atom stereocenters. The van der Waals surface area contributed by atoms with Gasteiger partial charge in [-0.3, -0.25) is 4.79 Å². The maximum absolute atomic E-state index is 15.6. The average molecular weight is 531 g/mol. The van der Waals surface area contributed by atoms with Gasteiger partial charge in [-0.25, -0.2) is 31.2 Å². The molecule has 0 radical (unpaired) electrons. The number of hydrogen-bond donors (Lipinski definition) is 1.